The predicted octanol–water partition coefficient (Wildman–Crippen LogP) is 1.43. The second-order valence-electron chi connectivity index (χ2n) is 3.42. The number of halogens is 1. The Balaban J connectivity index is 2.38. The van der Waals surface area contributed by atoms with E-state index in [1.807, 2.05) is 0 Å². The van der Waals surface area contributed by atoms with Crippen LogP contribution in [0.4, 0.5) is 11.4 Å². The van der Waals surface area contributed by atoms with E-state index in [1.165, 1.54) is 6.07 Å². The van der Waals surface area contributed by atoms with E-state index in [4.69, 9.17) is 16.7 Å². The summed E-state index contributed by atoms with van der Waals surface area (Å²) in [4.78, 5) is 12.0. The van der Waals surface area contributed by atoms with Crippen LogP contribution in [0.5, 0.6) is 0 Å². The zero-order valence-corrected chi connectivity index (χ0v) is 8.52. The van der Waals surface area contributed by atoms with Crippen molar-refractivity contribution in [1.82, 2.24) is 0 Å². The average Bonchev–Trinajstić information content (AvgIpc) is 2.12. The Kier molecular flexibility index (Phi) is 2.50. The minimum absolute atomic E-state index is 0.0916. The van der Waals surface area contributed by atoms with Gasteiger partial charge >= 0.3 is 5.69 Å². The van der Waals surface area contributed by atoms with E-state index < -0.39 is 11.0 Å². The lowest BCUT2D eigenvalue weighted by atomic mass is 10.1. The largest absolute Gasteiger partial charge is 0.389 e. The molecule has 5 nitrogen and oxygen atoms in total. The topological polar surface area (TPSA) is 66.6 Å². The molecule has 0 aromatic heterocycles. The minimum atomic E-state index is -0.498. The Morgan fingerprint density at radius 1 is 1.53 bits per heavy atom. The first-order valence-electron chi connectivity index (χ1n) is 4.45. The van der Waals surface area contributed by atoms with Gasteiger partial charge in [-0.05, 0) is 12.1 Å². The molecule has 1 heterocycles. The summed E-state index contributed by atoms with van der Waals surface area (Å²) in [6, 6.07) is 4.78. The third-order valence-corrected chi connectivity index (χ3v) is 2.66. The minimum Gasteiger partial charge on any atom is -0.389 e. The quantitative estimate of drug-likeness (QED) is 0.614. The number of aliphatic hydroxyl groups excluding tert-OH is 1. The van der Waals surface area contributed by atoms with Crippen LogP contribution >= 0.6 is 11.6 Å². The number of β-amino-alcohol motifs (C(OH)–C–C–N with tert-alkyl or cyclic N) is 1. The van der Waals surface area contributed by atoms with Crippen LogP contribution < -0.4 is 4.90 Å². The lowest BCUT2D eigenvalue weighted by Crippen LogP contribution is -2.51. The third-order valence-electron chi connectivity index (χ3n) is 2.35. The molecule has 1 aromatic rings. The molecule has 0 spiro atoms. The maximum atomic E-state index is 10.8. The van der Waals surface area contributed by atoms with Crippen molar-refractivity contribution in [2.24, 2.45) is 0 Å². The number of nitrogens with zero attached hydrogens (tertiary/aromatic N) is 2. The molecule has 15 heavy (non-hydrogen) atoms. The number of nitro groups is 1. The second kappa shape index (κ2) is 3.67. The van der Waals surface area contributed by atoms with Crippen molar-refractivity contribution in [1.29, 1.82) is 0 Å². The van der Waals surface area contributed by atoms with Crippen molar-refractivity contribution >= 4 is 23.0 Å². The number of hydrogen-bond acceptors (Lipinski definition) is 4. The van der Waals surface area contributed by atoms with Crippen molar-refractivity contribution in [2.75, 3.05) is 18.0 Å². The lowest BCUT2D eigenvalue weighted by Gasteiger charge is -2.37. The summed E-state index contributed by atoms with van der Waals surface area (Å²) in [6.07, 6.45) is -0.399. The molecule has 0 saturated carbocycles. The third kappa shape index (κ3) is 1.75. The molecule has 0 radical (unpaired) electrons. The van der Waals surface area contributed by atoms with E-state index in [9.17, 15) is 10.1 Å². The van der Waals surface area contributed by atoms with Crippen molar-refractivity contribution in [2.45, 2.75) is 6.10 Å². The Morgan fingerprint density at radius 3 is 2.73 bits per heavy atom. The van der Waals surface area contributed by atoms with Gasteiger partial charge in [-0.2, -0.15) is 0 Å². The normalized spacial score (nSPS) is 16.3. The van der Waals surface area contributed by atoms with Gasteiger partial charge in [0, 0.05) is 13.1 Å². The van der Waals surface area contributed by atoms with Crippen LogP contribution in [0.3, 0.4) is 0 Å². The van der Waals surface area contributed by atoms with Crippen LogP contribution in [-0.4, -0.2) is 29.2 Å². The SMILES string of the molecule is O=[N+]([O-])c1c(Cl)cccc1N1CC(O)C1. The van der Waals surface area contributed by atoms with Crippen LogP contribution in [0.15, 0.2) is 18.2 Å². The molecular weight excluding hydrogens is 220 g/mol. The predicted molar refractivity (Wildman–Crippen MR) is 56.3 cm³/mol. The second-order valence-corrected chi connectivity index (χ2v) is 3.83. The van der Waals surface area contributed by atoms with Crippen LogP contribution in [0.2, 0.25) is 5.02 Å². The number of aliphatic hydroxyl groups is 1. The monoisotopic (exact) mass is 228 g/mol. The van der Waals surface area contributed by atoms with Gasteiger partial charge < -0.3 is 10.0 Å². The zero-order valence-electron chi connectivity index (χ0n) is 7.76. The molecule has 1 fully saturated rings. The highest BCUT2D eigenvalue weighted by Crippen LogP contribution is 2.36. The van der Waals surface area contributed by atoms with Gasteiger partial charge in [0.05, 0.1) is 11.0 Å². The van der Waals surface area contributed by atoms with Crippen molar-refractivity contribution in [3.63, 3.8) is 0 Å². The molecule has 0 amide bonds. The molecule has 1 aliphatic rings. The highest BCUT2D eigenvalue weighted by atomic mass is 35.5. The maximum Gasteiger partial charge on any atom is 0.310 e. The number of benzene rings is 1. The fourth-order valence-electron chi connectivity index (χ4n) is 1.59. The van der Waals surface area contributed by atoms with Gasteiger partial charge in [0.25, 0.3) is 0 Å². The summed E-state index contributed by atoms with van der Waals surface area (Å²) in [6.45, 7) is 0.836. The molecule has 2 rings (SSSR count). The zero-order chi connectivity index (χ0) is 11.0. The van der Waals surface area contributed by atoms with Crippen LogP contribution in [-0.2, 0) is 0 Å². The van der Waals surface area contributed by atoms with Gasteiger partial charge in [0.1, 0.15) is 10.7 Å². The van der Waals surface area contributed by atoms with Gasteiger partial charge in [-0.25, -0.2) is 0 Å². The van der Waals surface area contributed by atoms with Crippen LogP contribution in [0.25, 0.3) is 0 Å². The molecule has 0 aliphatic carbocycles. The number of nitro benzene ring substituents is 1. The standard InChI is InChI=1S/C9H9ClN2O3/c10-7-2-1-3-8(9(7)12(14)15)11-4-6(13)5-11/h1-3,6,13H,4-5H2. The number of anilines is 1. The van der Waals surface area contributed by atoms with Crippen LogP contribution in [0.1, 0.15) is 0 Å². The lowest BCUT2D eigenvalue weighted by molar-refractivity contribution is -0.384. The molecule has 1 saturated heterocycles. The van der Waals surface area contributed by atoms with E-state index in [0.717, 1.165) is 0 Å². The average molecular weight is 229 g/mol. The summed E-state index contributed by atoms with van der Waals surface area (Å²) in [5.41, 5.74) is 0.379. The highest BCUT2D eigenvalue weighted by molar-refractivity contribution is 6.33. The maximum absolute atomic E-state index is 10.8. The molecule has 1 N–H and O–H groups in total. The van der Waals surface area contributed by atoms with Crippen molar-refractivity contribution in [3.05, 3.63) is 33.3 Å². The summed E-state index contributed by atoms with van der Waals surface area (Å²) in [7, 11) is 0. The summed E-state index contributed by atoms with van der Waals surface area (Å²) < 4.78 is 0. The molecule has 0 atom stereocenters. The molecule has 80 valence electrons. The first-order valence-corrected chi connectivity index (χ1v) is 4.83. The molecular formula is C9H9ClN2O3. The van der Waals surface area contributed by atoms with E-state index in [-0.39, 0.29) is 10.7 Å². The number of hydrogen-bond donors (Lipinski definition) is 1. The molecule has 1 aliphatic heterocycles. The van der Waals surface area contributed by atoms with Gasteiger partial charge in [-0.15, -0.1) is 0 Å². The molecule has 6 heteroatoms. The summed E-state index contributed by atoms with van der Waals surface area (Å²) >= 11 is 5.76. The smallest absolute Gasteiger partial charge is 0.310 e. The Bertz CT molecular complexity index is 404. The summed E-state index contributed by atoms with van der Waals surface area (Å²) in [5, 5.41) is 20.1. The first-order chi connectivity index (χ1) is 7.09. The van der Waals surface area contributed by atoms with E-state index in [2.05, 4.69) is 0 Å². The number of rotatable bonds is 2. The first kappa shape index (κ1) is 10.2. The fraction of sp³-hybridized carbons (Fsp3) is 0.333. The van der Waals surface area contributed by atoms with Crippen molar-refractivity contribution in [3.8, 4) is 0 Å². The van der Waals surface area contributed by atoms with Gasteiger partial charge in [-0.1, -0.05) is 17.7 Å². The van der Waals surface area contributed by atoms with Gasteiger partial charge in [0.2, 0.25) is 0 Å². The van der Waals surface area contributed by atoms with E-state index in [0.29, 0.717) is 18.8 Å². The van der Waals surface area contributed by atoms with E-state index >= 15 is 0 Å². The van der Waals surface area contributed by atoms with Gasteiger partial charge in [0.15, 0.2) is 0 Å². The number of para-hydroxylation sites is 1. The highest BCUT2D eigenvalue weighted by Gasteiger charge is 2.31. The Morgan fingerprint density at radius 2 is 2.20 bits per heavy atom. The molecule has 0 unspecified atom stereocenters. The van der Waals surface area contributed by atoms with Crippen LogP contribution in [0, 0.1) is 10.1 Å². The Labute approximate surface area is 91.0 Å². The van der Waals surface area contributed by atoms with Crippen molar-refractivity contribution < 1.29 is 10.0 Å². The van der Waals surface area contributed by atoms with Gasteiger partial charge in [-0.3, -0.25) is 10.1 Å². The summed E-state index contributed by atoms with van der Waals surface area (Å²) in [5.74, 6) is 0. The molecule has 1 aromatic carbocycles. The fourth-order valence-corrected chi connectivity index (χ4v) is 1.83. The van der Waals surface area contributed by atoms with E-state index in [1.54, 1.807) is 17.0 Å². The Hall–Kier alpha value is -1.33. The molecule has 0 bridgehead atoms.